The Balaban J connectivity index is 1.87. The first kappa shape index (κ1) is 16.8. The van der Waals surface area contributed by atoms with Crippen molar-refractivity contribution in [3.8, 4) is 5.75 Å². The zero-order valence-electron chi connectivity index (χ0n) is 13.4. The number of para-hydroxylation sites is 1. The van der Waals surface area contributed by atoms with E-state index in [1.165, 1.54) is 12.1 Å². The highest BCUT2D eigenvalue weighted by molar-refractivity contribution is 5.80. The molecule has 2 rings (SSSR count). The van der Waals surface area contributed by atoms with Crippen molar-refractivity contribution < 1.29 is 13.9 Å². The van der Waals surface area contributed by atoms with Crippen molar-refractivity contribution in [1.29, 1.82) is 0 Å². The summed E-state index contributed by atoms with van der Waals surface area (Å²) in [5, 5.41) is 3.25. The lowest BCUT2D eigenvalue weighted by molar-refractivity contribution is -0.127. The molecule has 0 unspecified atom stereocenters. The van der Waals surface area contributed by atoms with E-state index in [2.05, 4.69) is 5.32 Å². The maximum absolute atomic E-state index is 13.0. The average Bonchev–Trinajstić information content (AvgIpc) is 2.53. The third-order valence-corrected chi connectivity index (χ3v) is 3.34. The number of nitrogens with zero attached hydrogens (tertiary/aromatic N) is 1. The Kier molecular flexibility index (Phi) is 5.97. The monoisotopic (exact) mass is 316 g/mol. The minimum Gasteiger partial charge on any atom is -0.492 e. The summed E-state index contributed by atoms with van der Waals surface area (Å²) in [6, 6.07) is 13.7. The van der Waals surface area contributed by atoms with Crippen LogP contribution in [0.5, 0.6) is 5.75 Å². The van der Waals surface area contributed by atoms with E-state index in [4.69, 9.17) is 4.74 Å². The fraction of sp³-hybridized carbons (Fsp3) is 0.278. The maximum atomic E-state index is 13.0. The molecule has 2 aromatic carbocycles. The van der Waals surface area contributed by atoms with E-state index in [1.54, 1.807) is 31.1 Å². The zero-order chi connectivity index (χ0) is 16.7. The van der Waals surface area contributed by atoms with Gasteiger partial charge in [-0.2, -0.15) is 0 Å². The molecule has 0 saturated carbocycles. The topological polar surface area (TPSA) is 41.6 Å². The van der Waals surface area contributed by atoms with Crippen LogP contribution in [-0.2, 0) is 11.2 Å². The maximum Gasteiger partial charge on any atom is 0.226 e. The molecule has 0 fully saturated rings. The van der Waals surface area contributed by atoms with E-state index < -0.39 is 0 Å². The summed E-state index contributed by atoms with van der Waals surface area (Å²) in [5.41, 5.74) is 1.85. The number of halogens is 1. The Morgan fingerprint density at radius 1 is 1.17 bits per heavy atom. The fourth-order valence-corrected chi connectivity index (χ4v) is 2.08. The van der Waals surface area contributed by atoms with Crippen LogP contribution in [0, 0.1) is 5.82 Å². The molecule has 0 aliphatic rings. The number of likely N-dealkylation sites (N-methyl/N-ethyl adjacent to an activating group) is 1. The van der Waals surface area contributed by atoms with Crippen LogP contribution in [0.2, 0.25) is 0 Å². The van der Waals surface area contributed by atoms with Gasteiger partial charge in [-0.3, -0.25) is 4.79 Å². The molecule has 5 heteroatoms. The molecule has 0 heterocycles. The molecule has 1 amide bonds. The Morgan fingerprint density at radius 2 is 1.96 bits per heavy atom. The molecule has 0 atom stereocenters. The number of ether oxygens (including phenoxy) is 1. The van der Waals surface area contributed by atoms with E-state index in [0.717, 1.165) is 11.3 Å². The molecule has 23 heavy (non-hydrogen) atoms. The average molecular weight is 316 g/mol. The number of nitrogens with one attached hydrogen (secondary N) is 1. The number of benzene rings is 2. The summed E-state index contributed by atoms with van der Waals surface area (Å²) >= 11 is 0. The third kappa shape index (κ3) is 5.29. The van der Waals surface area contributed by atoms with Crippen molar-refractivity contribution >= 4 is 11.6 Å². The van der Waals surface area contributed by atoms with E-state index in [-0.39, 0.29) is 11.7 Å². The van der Waals surface area contributed by atoms with Gasteiger partial charge in [-0.05, 0) is 23.8 Å². The molecule has 122 valence electrons. The smallest absolute Gasteiger partial charge is 0.226 e. The highest BCUT2D eigenvalue weighted by Crippen LogP contribution is 2.16. The SMILES string of the molecule is CN(C)C(=O)Cc1ccccc1NCCOc1cccc(F)c1. The van der Waals surface area contributed by atoms with Gasteiger partial charge >= 0.3 is 0 Å². The van der Waals surface area contributed by atoms with Gasteiger partial charge < -0.3 is 15.0 Å². The lowest BCUT2D eigenvalue weighted by Crippen LogP contribution is -2.24. The number of hydrogen-bond donors (Lipinski definition) is 1. The predicted octanol–water partition coefficient (Wildman–Crippen LogP) is 2.95. The standard InChI is InChI=1S/C18H21FN2O2/c1-21(2)18(22)12-14-6-3-4-9-17(14)20-10-11-23-16-8-5-7-15(19)13-16/h3-9,13,20H,10-12H2,1-2H3. The lowest BCUT2D eigenvalue weighted by Gasteiger charge is -2.14. The highest BCUT2D eigenvalue weighted by atomic mass is 19.1. The van der Waals surface area contributed by atoms with Crippen LogP contribution < -0.4 is 10.1 Å². The fourth-order valence-electron chi connectivity index (χ4n) is 2.08. The van der Waals surface area contributed by atoms with Crippen LogP contribution in [-0.4, -0.2) is 38.1 Å². The van der Waals surface area contributed by atoms with Crippen molar-refractivity contribution in [2.24, 2.45) is 0 Å². The minimum absolute atomic E-state index is 0.0512. The molecule has 0 spiro atoms. The van der Waals surface area contributed by atoms with Gasteiger partial charge in [-0.15, -0.1) is 0 Å². The van der Waals surface area contributed by atoms with Gasteiger partial charge in [0.1, 0.15) is 18.2 Å². The van der Waals surface area contributed by atoms with Gasteiger partial charge in [0.25, 0.3) is 0 Å². The summed E-state index contributed by atoms with van der Waals surface area (Å²) in [6.45, 7) is 0.961. The first-order valence-electron chi connectivity index (χ1n) is 7.46. The third-order valence-electron chi connectivity index (χ3n) is 3.34. The quantitative estimate of drug-likeness (QED) is 0.799. The van der Waals surface area contributed by atoms with Gasteiger partial charge in [-0.25, -0.2) is 4.39 Å². The number of amides is 1. The molecule has 2 aromatic rings. The Hall–Kier alpha value is -2.56. The van der Waals surface area contributed by atoms with E-state index >= 15 is 0 Å². The van der Waals surface area contributed by atoms with Gasteiger partial charge in [0.2, 0.25) is 5.91 Å². The molecule has 0 bridgehead atoms. The second-order valence-electron chi connectivity index (χ2n) is 5.35. The Bertz CT molecular complexity index is 659. The van der Waals surface area contributed by atoms with Crippen LogP contribution in [0.4, 0.5) is 10.1 Å². The van der Waals surface area contributed by atoms with Crippen LogP contribution >= 0.6 is 0 Å². The summed E-state index contributed by atoms with van der Waals surface area (Å²) < 4.78 is 18.5. The zero-order valence-corrected chi connectivity index (χ0v) is 13.4. The van der Waals surface area contributed by atoms with Crippen molar-refractivity contribution in [3.63, 3.8) is 0 Å². The first-order chi connectivity index (χ1) is 11.1. The highest BCUT2D eigenvalue weighted by Gasteiger charge is 2.09. The van der Waals surface area contributed by atoms with Gasteiger partial charge in [0.15, 0.2) is 0 Å². The molecule has 0 aliphatic heterocycles. The van der Waals surface area contributed by atoms with Crippen molar-refractivity contribution in [3.05, 3.63) is 59.9 Å². The van der Waals surface area contributed by atoms with Crippen LogP contribution in [0.15, 0.2) is 48.5 Å². The molecule has 4 nitrogen and oxygen atoms in total. The molecule has 0 aromatic heterocycles. The lowest BCUT2D eigenvalue weighted by atomic mass is 10.1. The normalized spacial score (nSPS) is 10.2. The summed E-state index contributed by atoms with van der Waals surface area (Å²) in [7, 11) is 3.48. The van der Waals surface area contributed by atoms with Crippen molar-refractivity contribution in [2.45, 2.75) is 6.42 Å². The van der Waals surface area contributed by atoms with Crippen LogP contribution in [0.1, 0.15) is 5.56 Å². The van der Waals surface area contributed by atoms with E-state index in [1.807, 2.05) is 24.3 Å². The molecule has 0 radical (unpaired) electrons. The second kappa shape index (κ2) is 8.17. The van der Waals surface area contributed by atoms with Gasteiger partial charge in [-0.1, -0.05) is 24.3 Å². The number of rotatable bonds is 7. The first-order valence-corrected chi connectivity index (χ1v) is 7.46. The van der Waals surface area contributed by atoms with Crippen LogP contribution in [0.3, 0.4) is 0 Å². The Morgan fingerprint density at radius 3 is 2.70 bits per heavy atom. The van der Waals surface area contributed by atoms with E-state index in [9.17, 15) is 9.18 Å². The number of hydrogen-bond acceptors (Lipinski definition) is 3. The van der Waals surface area contributed by atoms with E-state index in [0.29, 0.717) is 25.3 Å². The Labute approximate surface area is 135 Å². The number of carbonyl (C=O) groups is 1. The van der Waals surface area contributed by atoms with Gasteiger partial charge in [0, 0.05) is 32.4 Å². The summed E-state index contributed by atoms with van der Waals surface area (Å²) in [6.07, 6.45) is 0.348. The van der Waals surface area contributed by atoms with Crippen molar-refractivity contribution in [2.75, 3.05) is 32.6 Å². The second-order valence-corrected chi connectivity index (χ2v) is 5.35. The summed E-state index contributed by atoms with van der Waals surface area (Å²) in [4.78, 5) is 13.4. The molecule has 1 N–H and O–H groups in total. The number of carbonyl (C=O) groups excluding carboxylic acids is 1. The van der Waals surface area contributed by atoms with Gasteiger partial charge in [0.05, 0.1) is 6.42 Å². The largest absolute Gasteiger partial charge is 0.492 e. The summed E-state index contributed by atoms with van der Waals surface area (Å²) in [5.74, 6) is 0.237. The molecule has 0 saturated heterocycles. The van der Waals surface area contributed by atoms with Crippen LogP contribution in [0.25, 0.3) is 0 Å². The molecular formula is C18H21FN2O2. The molecule has 0 aliphatic carbocycles. The van der Waals surface area contributed by atoms with Crippen molar-refractivity contribution in [1.82, 2.24) is 4.90 Å². The number of anilines is 1. The predicted molar refractivity (Wildman–Crippen MR) is 89.2 cm³/mol. The molecular weight excluding hydrogens is 295 g/mol. The minimum atomic E-state index is -0.317.